The van der Waals surface area contributed by atoms with Gasteiger partial charge in [-0.15, -0.1) is 0 Å². The number of rotatable bonds is 1. The van der Waals surface area contributed by atoms with Gasteiger partial charge in [0.1, 0.15) is 0 Å². The van der Waals surface area contributed by atoms with Crippen molar-refractivity contribution < 1.29 is 42.7 Å². The molecule has 0 saturated heterocycles. The minimum atomic E-state index is -2.24. The Kier molecular flexibility index (Phi) is 3.11. The zero-order chi connectivity index (χ0) is 5.49. The molecule has 1 aliphatic rings. The van der Waals surface area contributed by atoms with E-state index in [-0.39, 0.29) is 42.4 Å². The van der Waals surface area contributed by atoms with Gasteiger partial charge in [0.25, 0.3) is 0 Å². The van der Waals surface area contributed by atoms with Crippen molar-refractivity contribution in [3.8, 4) is 0 Å². The standard InChI is InChI=1S/C3H5FO2S.Na/c4-3(1-2-3)7(5)6;/h1-2H2,(H,5,6);/q;+1. The van der Waals surface area contributed by atoms with Crippen LogP contribution in [0.3, 0.4) is 0 Å². The van der Waals surface area contributed by atoms with Gasteiger partial charge in [-0.2, -0.15) is 0 Å². The number of halogens is 1. The molecule has 2 nitrogen and oxygen atoms in total. The van der Waals surface area contributed by atoms with E-state index in [0.717, 1.165) is 0 Å². The Morgan fingerprint density at radius 1 is 1.62 bits per heavy atom. The first-order valence-electron chi connectivity index (χ1n) is 1.95. The van der Waals surface area contributed by atoms with Gasteiger partial charge in [-0.05, 0) is 12.8 Å². The predicted octanol–water partition coefficient (Wildman–Crippen LogP) is -2.33. The fraction of sp³-hybridized carbons (Fsp3) is 1.00. The average Bonchev–Trinajstić information content (AvgIpc) is 2.21. The first-order chi connectivity index (χ1) is 3.15. The molecule has 0 spiro atoms. The summed E-state index contributed by atoms with van der Waals surface area (Å²) in [4.78, 5) is 0. The van der Waals surface area contributed by atoms with Crippen molar-refractivity contribution in [3.63, 3.8) is 0 Å². The van der Waals surface area contributed by atoms with Crippen molar-refractivity contribution in [3.05, 3.63) is 0 Å². The number of hydrogen-bond donors (Lipinski definition) is 1. The van der Waals surface area contributed by atoms with E-state index in [1.807, 2.05) is 0 Å². The summed E-state index contributed by atoms with van der Waals surface area (Å²) in [6.07, 6.45) is 0.492. The van der Waals surface area contributed by atoms with Crippen LogP contribution < -0.4 is 29.6 Å². The van der Waals surface area contributed by atoms with E-state index in [1.165, 1.54) is 0 Å². The third kappa shape index (κ3) is 1.77. The molecular formula is C3H5FNaO2S+. The van der Waals surface area contributed by atoms with Crippen LogP contribution in [-0.2, 0) is 11.1 Å². The third-order valence-corrected chi connectivity index (χ3v) is 1.99. The molecule has 8 heavy (non-hydrogen) atoms. The van der Waals surface area contributed by atoms with Gasteiger partial charge in [-0.25, -0.2) is 8.60 Å². The van der Waals surface area contributed by atoms with Gasteiger partial charge >= 0.3 is 29.6 Å². The number of alkyl halides is 1. The quantitative estimate of drug-likeness (QED) is 0.334. The van der Waals surface area contributed by atoms with E-state index in [0.29, 0.717) is 0 Å². The minimum absolute atomic E-state index is 0. The maximum absolute atomic E-state index is 12.1. The molecule has 1 N–H and O–H groups in total. The van der Waals surface area contributed by atoms with Crippen LogP contribution in [-0.4, -0.2) is 13.8 Å². The van der Waals surface area contributed by atoms with Gasteiger partial charge < -0.3 is 4.55 Å². The molecule has 0 aromatic rings. The SMILES string of the molecule is O=S(O)C1(F)CC1.[Na+]. The van der Waals surface area contributed by atoms with Crippen LogP contribution in [0.4, 0.5) is 4.39 Å². The Morgan fingerprint density at radius 2 is 2.00 bits per heavy atom. The molecule has 1 rings (SSSR count). The summed E-state index contributed by atoms with van der Waals surface area (Å²) in [7, 11) is 0. The maximum atomic E-state index is 12.1. The normalized spacial score (nSPS) is 25.8. The molecule has 0 radical (unpaired) electrons. The summed E-state index contributed by atoms with van der Waals surface area (Å²) in [6.45, 7) is 0. The molecule has 1 saturated carbocycles. The van der Waals surface area contributed by atoms with Crippen LogP contribution >= 0.6 is 0 Å². The Bertz CT molecular complexity index is 114. The molecule has 1 aliphatic carbocycles. The van der Waals surface area contributed by atoms with Crippen molar-refractivity contribution in [1.82, 2.24) is 0 Å². The van der Waals surface area contributed by atoms with E-state index in [4.69, 9.17) is 4.55 Å². The molecule has 0 amide bonds. The summed E-state index contributed by atoms with van der Waals surface area (Å²) in [5.41, 5.74) is 0. The van der Waals surface area contributed by atoms with Gasteiger partial charge in [0, 0.05) is 0 Å². The summed E-state index contributed by atoms with van der Waals surface area (Å²) in [6, 6.07) is 0. The van der Waals surface area contributed by atoms with Crippen molar-refractivity contribution in [1.29, 1.82) is 0 Å². The zero-order valence-electron chi connectivity index (χ0n) is 4.56. The topological polar surface area (TPSA) is 37.3 Å². The molecule has 1 unspecified atom stereocenters. The Morgan fingerprint density at radius 3 is 2.00 bits per heavy atom. The van der Waals surface area contributed by atoms with E-state index in [1.54, 1.807) is 0 Å². The van der Waals surface area contributed by atoms with Crippen LogP contribution in [0.15, 0.2) is 0 Å². The zero-order valence-corrected chi connectivity index (χ0v) is 7.37. The third-order valence-electron chi connectivity index (χ3n) is 0.956. The first-order valence-corrected chi connectivity index (χ1v) is 3.06. The van der Waals surface area contributed by atoms with E-state index in [2.05, 4.69) is 0 Å². The van der Waals surface area contributed by atoms with E-state index >= 15 is 0 Å². The van der Waals surface area contributed by atoms with Crippen LogP contribution in [0.25, 0.3) is 0 Å². The smallest absolute Gasteiger partial charge is 0.304 e. The fourth-order valence-corrected chi connectivity index (χ4v) is 0.724. The first kappa shape index (κ1) is 9.04. The fourth-order valence-electron chi connectivity index (χ4n) is 0.273. The molecule has 0 aromatic carbocycles. The van der Waals surface area contributed by atoms with Crippen molar-refractivity contribution >= 4 is 11.1 Å². The average molecular weight is 147 g/mol. The molecule has 1 atom stereocenters. The van der Waals surface area contributed by atoms with Gasteiger partial charge in [0.15, 0.2) is 11.1 Å². The molecule has 0 aromatic heterocycles. The molecule has 0 heterocycles. The Hall–Kier alpha value is 1.04. The van der Waals surface area contributed by atoms with Gasteiger partial charge in [-0.1, -0.05) is 0 Å². The van der Waals surface area contributed by atoms with Crippen LogP contribution in [0, 0.1) is 0 Å². The Balaban J connectivity index is 0.000000490. The van der Waals surface area contributed by atoms with Gasteiger partial charge in [-0.3, -0.25) is 0 Å². The molecular weight excluding hydrogens is 142 g/mol. The summed E-state index contributed by atoms with van der Waals surface area (Å²) in [5, 5.41) is -1.72. The maximum Gasteiger partial charge on any atom is 1.00 e. The van der Waals surface area contributed by atoms with Gasteiger partial charge in [0.05, 0.1) is 0 Å². The Labute approximate surface area is 71.4 Å². The second kappa shape index (κ2) is 2.75. The molecule has 42 valence electrons. The molecule has 5 heteroatoms. The molecule has 0 bridgehead atoms. The minimum Gasteiger partial charge on any atom is -0.304 e. The second-order valence-corrected chi connectivity index (χ2v) is 2.86. The largest absolute Gasteiger partial charge is 1.00 e. The monoisotopic (exact) mass is 147 g/mol. The van der Waals surface area contributed by atoms with Crippen LogP contribution in [0.5, 0.6) is 0 Å². The summed E-state index contributed by atoms with van der Waals surface area (Å²) >= 11 is -2.24. The molecule has 1 fully saturated rings. The second-order valence-electron chi connectivity index (χ2n) is 1.63. The molecule has 0 aliphatic heterocycles. The van der Waals surface area contributed by atoms with Crippen molar-refractivity contribution in [2.24, 2.45) is 0 Å². The van der Waals surface area contributed by atoms with Crippen molar-refractivity contribution in [2.75, 3.05) is 0 Å². The summed E-state index contributed by atoms with van der Waals surface area (Å²) < 4.78 is 29.9. The van der Waals surface area contributed by atoms with Gasteiger partial charge in [0.2, 0.25) is 5.00 Å². The summed E-state index contributed by atoms with van der Waals surface area (Å²) in [5.74, 6) is 0. The van der Waals surface area contributed by atoms with Crippen molar-refractivity contribution in [2.45, 2.75) is 17.8 Å². The van der Waals surface area contributed by atoms with Crippen LogP contribution in [0.1, 0.15) is 12.8 Å². The van der Waals surface area contributed by atoms with E-state index in [9.17, 15) is 8.60 Å². The van der Waals surface area contributed by atoms with E-state index < -0.39 is 16.1 Å². The predicted molar refractivity (Wildman–Crippen MR) is 23.8 cm³/mol. The van der Waals surface area contributed by atoms with Crippen LogP contribution in [0.2, 0.25) is 0 Å². The number of hydrogen-bond acceptors (Lipinski definition) is 1.